The van der Waals surface area contributed by atoms with Gasteiger partial charge in [-0.05, 0) is 18.9 Å². The lowest BCUT2D eigenvalue weighted by Crippen LogP contribution is -2.28. The van der Waals surface area contributed by atoms with E-state index in [2.05, 4.69) is 10.9 Å². The number of aryl methyl sites for hydroxylation is 1. The molecular formula is C18H18N2O2. The van der Waals surface area contributed by atoms with Crippen molar-refractivity contribution in [2.75, 3.05) is 0 Å². The predicted molar refractivity (Wildman–Crippen MR) is 86.9 cm³/mol. The topological polar surface area (TPSA) is 52.0 Å². The summed E-state index contributed by atoms with van der Waals surface area (Å²) < 4.78 is 1.50. The third kappa shape index (κ3) is 2.84. The van der Waals surface area contributed by atoms with Gasteiger partial charge in [0.15, 0.2) is 0 Å². The van der Waals surface area contributed by atoms with Gasteiger partial charge in [0.2, 0.25) is 0 Å². The first-order valence-corrected chi connectivity index (χ1v) is 7.27. The van der Waals surface area contributed by atoms with Crippen LogP contribution in [0.25, 0.3) is 11.4 Å². The molecule has 0 N–H and O–H groups in total. The van der Waals surface area contributed by atoms with Gasteiger partial charge in [0.1, 0.15) is 12.1 Å². The van der Waals surface area contributed by atoms with E-state index in [-0.39, 0.29) is 12.1 Å². The first kappa shape index (κ1) is 15.7. The van der Waals surface area contributed by atoms with Crippen LogP contribution in [0.5, 0.6) is 0 Å². The Bertz CT molecular complexity index is 798. The SMILES string of the molecule is C#CCn1c(-c2cccc(C=O)c2)nc(CC)c(CC)c1=O. The van der Waals surface area contributed by atoms with Crippen molar-refractivity contribution in [2.24, 2.45) is 0 Å². The monoisotopic (exact) mass is 294 g/mol. The number of nitrogens with zero attached hydrogens (tertiary/aromatic N) is 2. The third-order valence-corrected chi connectivity index (χ3v) is 3.57. The summed E-state index contributed by atoms with van der Waals surface area (Å²) in [6.07, 6.45) is 7.47. The highest BCUT2D eigenvalue weighted by atomic mass is 16.1. The molecule has 0 unspecified atom stereocenters. The van der Waals surface area contributed by atoms with Gasteiger partial charge in [-0.1, -0.05) is 38.0 Å². The number of aldehydes is 1. The van der Waals surface area contributed by atoms with E-state index in [0.717, 1.165) is 12.0 Å². The molecule has 4 heteroatoms. The van der Waals surface area contributed by atoms with Crippen LogP contribution in [-0.2, 0) is 19.4 Å². The van der Waals surface area contributed by atoms with Crippen LogP contribution in [0.1, 0.15) is 35.5 Å². The maximum absolute atomic E-state index is 12.7. The molecular weight excluding hydrogens is 276 g/mol. The van der Waals surface area contributed by atoms with Crippen LogP contribution in [-0.4, -0.2) is 15.8 Å². The fraction of sp³-hybridized carbons (Fsp3) is 0.278. The molecule has 1 aromatic heterocycles. The molecule has 1 aromatic carbocycles. The number of benzene rings is 1. The summed E-state index contributed by atoms with van der Waals surface area (Å²) in [4.78, 5) is 28.3. The minimum absolute atomic E-state index is 0.0983. The molecule has 0 saturated carbocycles. The second-order valence-electron chi connectivity index (χ2n) is 4.91. The first-order chi connectivity index (χ1) is 10.7. The molecule has 4 nitrogen and oxygen atoms in total. The molecule has 112 valence electrons. The molecule has 0 spiro atoms. The summed E-state index contributed by atoms with van der Waals surface area (Å²) in [6, 6.07) is 7.02. The van der Waals surface area contributed by atoms with E-state index in [9.17, 15) is 9.59 Å². The molecule has 0 amide bonds. The van der Waals surface area contributed by atoms with Crippen molar-refractivity contribution < 1.29 is 4.79 Å². The fourth-order valence-electron chi connectivity index (χ4n) is 2.50. The van der Waals surface area contributed by atoms with Crippen molar-refractivity contribution in [3.8, 4) is 23.7 Å². The van der Waals surface area contributed by atoms with Gasteiger partial charge in [-0.15, -0.1) is 6.42 Å². The maximum Gasteiger partial charge on any atom is 0.258 e. The Morgan fingerprint density at radius 2 is 2.09 bits per heavy atom. The molecule has 0 aliphatic heterocycles. The molecule has 0 bridgehead atoms. The van der Waals surface area contributed by atoms with Gasteiger partial charge in [0.05, 0.1) is 12.2 Å². The molecule has 2 rings (SSSR count). The van der Waals surface area contributed by atoms with Crippen molar-refractivity contribution in [2.45, 2.75) is 33.2 Å². The number of carbonyl (C=O) groups is 1. The Balaban J connectivity index is 2.78. The predicted octanol–water partition coefficient (Wildman–Crippen LogP) is 2.48. The van der Waals surface area contributed by atoms with Gasteiger partial charge in [-0.3, -0.25) is 14.2 Å². The van der Waals surface area contributed by atoms with Crippen molar-refractivity contribution in [3.63, 3.8) is 0 Å². The molecule has 0 aliphatic rings. The number of hydrogen-bond donors (Lipinski definition) is 0. The lowest BCUT2D eigenvalue weighted by molar-refractivity contribution is 0.112. The van der Waals surface area contributed by atoms with Gasteiger partial charge >= 0.3 is 0 Å². The minimum Gasteiger partial charge on any atom is -0.298 e. The van der Waals surface area contributed by atoms with E-state index in [1.807, 2.05) is 19.9 Å². The van der Waals surface area contributed by atoms with Crippen LogP contribution in [0.4, 0.5) is 0 Å². The summed E-state index contributed by atoms with van der Waals surface area (Å²) in [5, 5.41) is 0. The zero-order valence-electron chi connectivity index (χ0n) is 12.8. The zero-order chi connectivity index (χ0) is 16.1. The second-order valence-corrected chi connectivity index (χ2v) is 4.91. The van der Waals surface area contributed by atoms with Crippen molar-refractivity contribution in [3.05, 3.63) is 51.4 Å². The molecule has 2 aromatic rings. The second kappa shape index (κ2) is 6.86. The zero-order valence-corrected chi connectivity index (χ0v) is 12.8. The van der Waals surface area contributed by atoms with Crippen LogP contribution in [0.3, 0.4) is 0 Å². The minimum atomic E-state index is -0.0983. The average Bonchev–Trinajstić information content (AvgIpc) is 2.56. The lowest BCUT2D eigenvalue weighted by atomic mass is 10.1. The van der Waals surface area contributed by atoms with E-state index in [1.54, 1.807) is 18.2 Å². The van der Waals surface area contributed by atoms with E-state index in [4.69, 9.17) is 6.42 Å². The largest absolute Gasteiger partial charge is 0.298 e. The Hall–Kier alpha value is -2.67. The van der Waals surface area contributed by atoms with Gasteiger partial charge in [0.25, 0.3) is 5.56 Å². The molecule has 0 saturated heterocycles. The fourth-order valence-corrected chi connectivity index (χ4v) is 2.50. The van der Waals surface area contributed by atoms with E-state index < -0.39 is 0 Å². The number of terminal acetylenes is 1. The molecule has 0 aliphatic carbocycles. The smallest absolute Gasteiger partial charge is 0.258 e. The number of carbonyl (C=O) groups excluding carboxylic acids is 1. The Morgan fingerprint density at radius 3 is 2.68 bits per heavy atom. The van der Waals surface area contributed by atoms with Gasteiger partial charge in [-0.2, -0.15) is 0 Å². The van der Waals surface area contributed by atoms with E-state index in [1.165, 1.54) is 4.57 Å². The summed E-state index contributed by atoms with van der Waals surface area (Å²) in [7, 11) is 0. The highest BCUT2D eigenvalue weighted by molar-refractivity contribution is 5.77. The van der Waals surface area contributed by atoms with Crippen LogP contribution in [0.15, 0.2) is 29.1 Å². The number of hydrogen-bond acceptors (Lipinski definition) is 3. The van der Waals surface area contributed by atoms with Crippen LogP contribution in [0.2, 0.25) is 0 Å². The van der Waals surface area contributed by atoms with Gasteiger partial charge in [-0.25, -0.2) is 4.98 Å². The quantitative estimate of drug-likeness (QED) is 0.629. The van der Waals surface area contributed by atoms with Crippen molar-refractivity contribution in [1.82, 2.24) is 9.55 Å². The Labute approximate surface area is 129 Å². The van der Waals surface area contributed by atoms with Crippen LogP contribution < -0.4 is 5.56 Å². The summed E-state index contributed by atoms with van der Waals surface area (Å²) in [6.45, 7) is 4.06. The molecule has 22 heavy (non-hydrogen) atoms. The number of rotatable bonds is 5. The van der Waals surface area contributed by atoms with E-state index >= 15 is 0 Å². The third-order valence-electron chi connectivity index (χ3n) is 3.57. The summed E-state index contributed by atoms with van der Waals surface area (Å²) in [5.74, 6) is 3.02. The lowest BCUT2D eigenvalue weighted by Gasteiger charge is -2.14. The van der Waals surface area contributed by atoms with E-state index in [0.29, 0.717) is 35.4 Å². The molecule has 0 radical (unpaired) electrons. The van der Waals surface area contributed by atoms with Crippen molar-refractivity contribution in [1.29, 1.82) is 0 Å². The molecule has 1 heterocycles. The highest BCUT2D eigenvalue weighted by Crippen LogP contribution is 2.19. The Kier molecular flexibility index (Phi) is 4.90. The highest BCUT2D eigenvalue weighted by Gasteiger charge is 2.15. The molecule has 0 fully saturated rings. The summed E-state index contributed by atoms with van der Waals surface area (Å²) in [5.41, 5.74) is 2.64. The first-order valence-electron chi connectivity index (χ1n) is 7.27. The van der Waals surface area contributed by atoms with Crippen molar-refractivity contribution >= 4 is 6.29 Å². The summed E-state index contributed by atoms with van der Waals surface area (Å²) >= 11 is 0. The molecule has 0 atom stereocenters. The van der Waals surface area contributed by atoms with Crippen LogP contribution >= 0.6 is 0 Å². The standard InChI is InChI=1S/C18H18N2O2/c1-4-10-20-17(14-9-7-8-13(11-14)12-21)19-16(6-3)15(5-2)18(20)22/h1,7-9,11-12H,5-6,10H2,2-3H3. The average molecular weight is 294 g/mol. The maximum atomic E-state index is 12.7. The van der Waals surface area contributed by atoms with Gasteiger partial charge in [0, 0.05) is 16.7 Å². The normalized spacial score (nSPS) is 10.2. The van der Waals surface area contributed by atoms with Crippen LogP contribution in [0, 0.1) is 12.3 Å². The Morgan fingerprint density at radius 1 is 1.32 bits per heavy atom. The number of aromatic nitrogens is 2. The van der Waals surface area contributed by atoms with Gasteiger partial charge < -0.3 is 0 Å².